The molecule has 1 fully saturated rings. The molecule has 2 unspecified atom stereocenters. The topological polar surface area (TPSA) is 0 Å². The molecule has 16 heavy (non-hydrogen) atoms. The molecule has 88 valence electrons. The predicted octanol–water partition coefficient (Wildman–Crippen LogP) is 4.89. The largest absolute Gasteiger partial charge is 0.0661 e. The van der Waals surface area contributed by atoms with Crippen LogP contribution in [-0.2, 0) is 0 Å². The highest BCUT2D eigenvalue weighted by Gasteiger charge is 2.31. The Balaban J connectivity index is 2.52. The molecule has 2 rings (SSSR count). The van der Waals surface area contributed by atoms with Crippen LogP contribution in [0.25, 0.3) is 0 Å². The number of fused-ring (bicyclic) bond motifs is 1. The van der Waals surface area contributed by atoms with Crippen molar-refractivity contribution in [1.82, 2.24) is 0 Å². The Labute approximate surface area is 100 Å². The van der Waals surface area contributed by atoms with Gasteiger partial charge in [0.05, 0.1) is 0 Å². The van der Waals surface area contributed by atoms with Crippen LogP contribution in [0.4, 0.5) is 0 Å². The van der Waals surface area contributed by atoms with Gasteiger partial charge in [-0.25, -0.2) is 0 Å². The van der Waals surface area contributed by atoms with Gasteiger partial charge in [-0.05, 0) is 49.7 Å². The van der Waals surface area contributed by atoms with E-state index in [4.69, 9.17) is 0 Å². The fraction of sp³-hybridized carbons (Fsp3) is 0.625. The molecule has 0 aromatic carbocycles. The number of hydrogen-bond acceptors (Lipinski definition) is 0. The highest BCUT2D eigenvalue weighted by atomic mass is 14.4. The molecule has 0 aliphatic heterocycles. The average molecular weight is 216 g/mol. The summed E-state index contributed by atoms with van der Waals surface area (Å²) in [5, 5.41) is 0. The van der Waals surface area contributed by atoms with Crippen molar-refractivity contribution < 1.29 is 0 Å². The third-order valence-electron chi connectivity index (χ3n) is 4.36. The molecule has 0 heterocycles. The molecule has 2 aliphatic rings. The van der Waals surface area contributed by atoms with Crippen LogP contribution in [0.2, 0.25) is 0 Å². The molecule has 1 saturated carbocycles. The third-order valence-corrected chi connectivity index (χ3v) is 4.36. The second-order valence-corrected chi connectivity index (χ2v) is 5.80. The van der Waals surface area contributed by atoms with E-state index in [1.165, 1.54) is 12.8 Å². The minimum Gasteiger partial charge on any atom is -0.0661 e. The van der Waals surface area contributed by atoms with E-state index >= 15 is 0 Å². The van der Waals surface area contributed by atoms with Crippen molar-refractivity contribution in [3.05, 3.63) is 34.4 Å². The van der Waals surface area contributed by atoms with Gasteiger partial charge in [0, 0.05) is 5.92 Å². The van der Waals surface area contributed by atoms with Crippen LogP contribution in [0.15, 0.2) is 34.4 Å². The van der Waals surface area contributed by atoms with Gasteiger partial charge in [0.15, 0.2) is 0 Å². The molecular formula is C16H24. The normalized spacial score (nSPS) is 30.1. The van der Waals surface area contributed by atoms with Crippen LogP contribution in [0, 0.1) is 17.8 Å². The zero-order valence-electron chi connectivity index (χ0n) is 11.3. The second-order valence-electron chi connectivity index (χ2n) is 5.80. The highest BCUT2D eigenvalue weighted by molar-refractivity contribution is 5.46. The summed E-state index contributed by atoms with van der Waals surface area (Å²) in [4.78, 5) is 0. The van der Waals surface area contributed by atoms with Crippen molar-refractivity contribution in [2.45, 2.75) is 47.5 Å². The summed E-state index contributed by atoms with van der Waals surface area (Å²) in [5.41, 5.74) is 6.42. The monoisotopic (exact) mass is 216 g/mol. The summed E-state index contributed by atoms with van der Waals surface area (Å²) in [5.74, 6) is 2.17. The van der Waals surface area contributed by atoms with E-state index in [1.807, 2.05) is 0 Å². The van der Waals surface area contributed by atoms with Crippen LogP contribution in [-0.4, -0.2) is 0 Å². The predicted molar refractivity (Wildman–Crippen MR) is 71.3 cm³/mol. The van der Waals surface area contributed by atoms with Crippen LogP contribution < -0.4 is 0 Å². The van der Waals surface area contributed by atoms with Crippen molar-refractivity contribution in [3.8, 4) is 0 Å². The lowest BCUT2D eigenvalue weighted by atomic mass is 9.85. The molecule has 0 nitrogen and oxygen atoms in total. The summed E-state index contributed by atoms with van der Waals surface area (Å²) >= 11 is 0. The van der Waals surface area contributed by atoms with Crippen molar-refractivity contribution in [2.24, 2.45) is 17.8 Å². The van der Waals surface area contributed by atoms with Crippen LogP contribution in [0.3, 0.4) is 0 Å². The zero-order chi connectivity index (χ0) is 11.9. The van der Waals surface area contributed by atoms with Crippen LogP contribution in [0.1, 0.15) is 47.5 Å². The Bertz CT molecular complexity index is 377. The van der Waals surface area contributed by atoms with Crippen molar-refractivity contribution >= 4 is 0 Å². The fourth-order valence-electron chi connectivity index (χ4n) is 3.43. The molecule has 2 aliphatic carbocycles. The maximum atomic E-state index is 2.40. The quantitative estimate of drug-likeness (QED) is 0.585. The van der Waals surface area contributed by atoms with Gasteiger partial charge in [-0.1, -0.05) is 44.1 Å². The van der Waals surface area contributed by atoms with Crippen molar-refractivity contribution in [1.29, 1.82) is 0 Å². The van der Waals surface area contributed by atoms with Gasteiger partial charge in [-0.15, -0.1) is 0 Å². The highest BCUT2D eigenvalue weighted by Crippen LogP contribution is 2.45. The van der Waals surface area contributed by atoms with E-state index < -0.39 is 0 Å². The van der Waals surface area contributed by atoms with E-state index in [-0.39, 0.29) is 0 Å². The summed E-state index contributed by atoms with van der Waals surface area (Å²) in [6, 6.07) is 0. The summed E-state index contributed by atoms with van der Waals surface area (Å²) in [7, 11) is 0. The lowest BCUT2D eigenvalue weighted by Crippen LogP contribution is -2.06. The number of hydrogen-bond donors (Lipinski definition) is 0. The molecule has 0 heteroatoms. The van der Waals surface area contributed by atoms with E-state index in [2.05, 4.69) is 46.8 Å². The standard InChI is InChI=1S/C16H24/c1-10(2)14-8-6-11(3)15-9-7-12(4)16(15)13(14)5/h6,8,10,12,15H,7,9H2,1-5H3. The van der Waals surface area contributed by atoms with Gasteiger partial charge in [-0.3, -0.25) is 0 Å². The van der Waals surface area contributed by atoms with Gasteiger partial charge in [-0.2, -0.15) is 0 Å². The molecule has 0 saturated heterocycles. The van der Waals surface area contributed by atoms with Gasteiger partial charge in [0.1, 0.15) is 0 Å². The molecule has 0 amide bonds. The Morgan fingerprint density at radius 3 is 2.44 bits per heavy atom. The Hall–Kier alpha value is -0.780. The molecule has 0 radical (unpaired) electrons. The molecule has 0 N–H and O–H groups in total. The smallest absolute Gasteiger partial charge is 0.00160 e. The summed E-state index contributed by atoms with van der Waals surface area (Å²) < 4.78 is 0. The van der Waals surface area contributed by atoms with E-state index in [9.17, 15) is 0 Å². The Kier molecular flexibility index (Phi) is 3.10. The lowest BCUT2D eigenvalue weighted by molar-refractivity contribution is 0.682. The van der Waals surface area contributed by atoms with Crippen molar-refractivity contribution in [2.75, 3.05) is 0 Å². The van der Waals surface area contributed by atoms with Gasteiger partial charge < -0.3 is 0 Å². The van der Waals surface area contributed by atoms with Crippen LogP contribution in [0.5, 0.6) is 0 Å². The fourth-order valence-corrected chi connectivity index (χ4v) is 3.43. The third kappa shape index (κ3) is 1.79. The van der Waals surface area contributed by atoms with E-state index in [0.717, 1.165) is 11.8 Å². The molecule has 0 aromatic rings. The molecule has 0 spiro atoms. The van der Waals surface area contributed by atoms with Gasteiger partial charge in [0.2, 0.25) is 0 Å². The molecule has 0 bridgehead atoms. The Morgan fingerprint density at radius 2 is 1.81 bits per heavy atom. The average Bonchev–Trinajstić information content (AvgIpc) is 2.53. The van der Waals surface area contributed by atoms with E-state index in [1.54, 1.807) is 22.3 Å². The Morgan fingerprint density at radius 1 is 1.12 bits per heavy atom. The number of rotatable bonds is 1. The number of allylic oxidation sites excluding steroid dienone is 6. The first-order chi connectivity index (χ1) is 7.52. The van der Waals surface area contributed by atoms with E-state index in [0.29, 0.717) is 5.92 Å². The SMILES string of the molecule is CC1=CC=C(C(C)C)C(C)=C2C(C)CCC12. The first-order valence-corrected chi connectivity index (χ1v) is 6.61. The maximum absolute atomic E-state index is 2.40. The van der Waals surface area contributed by atoms with Gasteiger partial charge >= 0.3 is 0 Å². The first kappa shape index (κ1) is 11.7. The summed E-state index contributed by atoms with van der Waals surface area (Å²) in [6.07, 6.45) is 7.44. The zero-order valence-corrected chi connectivity index (χ0v) is 11.3. The van der Waals surface area contributed by atoms with Crippen molar-refractivity contribution in [3.63, 3.8) is 0 Å². The molecular weight excluding hydrogens is 192 g/mol. The first-order valence-electron chi connectivity index (χ1n) is 6.61. The molecule has 2 atom stereocenters. The molecule has 0 aromatic heterocycles. The second kappa shape index (κ2) is 4.24. The van der Waals surface area contributed by atoms with Gasteiger partial charge in [0.25, 0.3) is 0 Å². The summed E-state index contributed by atoms with van der Waals surface area (Å²) in [6.45, 7) is 11.6. The maximum Gasteiger partial charge on any atom is 0.00160 e. The minimum absolute atomic E-state index is 0.642. The lowest BCUT2D eigenvalue weighted by Gasteiger charge is -2.20. The van der Waals surface area contributed by atoms with Crippen LogP contribution >= 0.6 is 0 Å². The minimum atomic E-state index is 0.642.